The number of hydrogen-bond acceptors (Lipinski definition) is 6. The highest BCUT2D eigenvalue weighted by Crippen LogP contribution is 2.37. The van der Waals surface area contributed by atoms with E-state index in [2.05, 4.69) is 27.3 Å². The van der Waals surface area contributed by atoms with E-state index in [1.807, 2.05) is 4.52 Å². The summed E-state index contributed by atoms with van der Waals surface area (Å²) < 4.78 is 1.94. The third-order valence-corrected chi connectivity index (χ3v) is 5.74. The number of nitrogens with one attached hydrogen (secondary N) is 1. The summed E-state index contributed by atoms with van der Waals surface area (Å²) in [6.45, 7) is 5.63. The zero-order valence-corrected chi connectivity index (χ0v) is 13.3. The first-order valence-corrected chi connectivity index (χ1v) is 8.86. The molecule has 2 aromatic rings. The van der Waals surface area contributed by atoms with Gasteiger partial charge in [0.1, 0.15) is 5.01 Å². The first-order valence-electron chi connectivity index (χ1n) is 8.04. The van der Waals surface area contributed by atoms with E-state index >= 15 is 0 Å². The normalized spacial score (nSPS) is 25.1. The second-order valence-electron chi connectivity index (χ2n) is 5.98. The minimum atomic E-state index is 0.490. The summed E-state index contributed by atoms with van der Waals surface area (Å²) in [7, 11) is 0. The molecule has 2 aromatic heterocycles. The fraction of sp³-hybridized carbons (Fsp3) is 0.786. The summed E-state index contributed by atoms with van der Waals surface area (Å²) in [5, 5.41) is 18.0. The van der Waals surface area contributed by atoms with Crippen molar-refractivity contribution in [3.8, 4) is 0 Å². The van der Waals surface area contributed by atoms with Crippen LogP contribution in [0.3, 0.4) is 0 Å². The molecular formula is C14H22N6S. The van der Waals surface area contributed by atoms with Crippen LogP contribution in [0.15, 0.2) is 0 Å². The number of piperidine rings is 1. The van der Waals surface area contributed by atoms with Crippen molar-refractivity contribution in [3.05, 3.63) is 10.8 Å². The van der Waals surface area contributed by atoms with Gasteiger partial charge in [-0.1, -0.05) is 18.3 Å². The predicted octanol–water partition coefficient (Wildman–Crippen LogP) is 1.64. The van der Waals surface area contributed by atoms with Crippen LogP contribution in [0, 0.1) is 0 Å². The summed E-state index contributed by atoms with van der Waals surface area (Å²) in [6, 6.07) is 1.21. The number of rotatable bonds is 3. The molecule has 0 bridgehead atoms. The average Bonchev–Trinajstić information content (AvgIpc) is 3.22. The van der Waals surface area contributed by atoms with Crippen LogP contribution < -0.4 is 5.32 Å². The first-order chi connectivity index (χ1) is 10.4. The largest absolute Gasteiger partial charge is 0.317 e. The Morgan fingerprint density at radius 1 is 1.24 bits per heavy atom. The molecule has 0 radical (unpaired) electrons. The minimum absolute atomic E-state index is 0.490. The molecule has 1 atom stereocenters. The maximum absolute atomic E-state index is 4.82. The Kier molecular flexibility index (Phi) is 3.64. The van der Waals surface area contributed by atoms with Gasteiger partial charge in [-0.25, -0.2) is 0 Å². The van der Waals surface area contributed by atoms with E-state index in [9.17, 15) is 0 Å². The van der Waals surface area contributed by atoms with Gasteiger partial charge in [0, 0.05) is 12.5 Å². The lowest BCUT2D eigenvalue weighted by molar-refractivity contribution is 0.147. The van der Waals surface area contributed by atoms with Crippen LogP contribution in [-0.2, 0) is 6.42 Å². The summed E-state index contributed by atoms with van der Waals surface area (Å²) >= 11 is 1.72. The summed E-state index contributed by atoms with van der Waals surface area (Å²) in [6.07, 6.45) is 5.93. The molecule has 6 nitrogen and oxygen atoms in total. The lowest BCUT2D eigenvalue weighted by atomic mass is 10.0. The van der Waals surface area contributed by atoms with E-state index in [1.165, 1.54) is 37.2 Å². The zero-order chi connectivity index (χ0) is 14.2. The van der Waals surface area contributed by atoms with Crippen molar-refractivity contribution in [1.82, 2.24) is 30.0 Å². The number of hydrogen-bond donors (Lipinski definition) is 1. The van der Waals surface area contributed by atoms with E-state index in [0.29, 0.717) is 6.04 Å². The SMILES string of the molecule is CCc1nnc2sc(C3CCCN3C3CCNCC3)nn12. The Labute approximate surface area is 128 Å². The number of likely N-dealkylation sites (tertiary alicyclic amines) is 1. The molecule has 2 saturated heterocycles. The third kappa shape index (κ3) is 2.37. The third-order valence-electron chi connectivity index (χ3n) is 4.74. The quantitative estimate of drug-likeness (QED) is 0.934. The van der Waals surface area contributed by atoms with Gasteiger partial charge in [0.15, 0.2) is 5.82 Å². The molecule has 114 valence electrons. The van der Waals surface area contributed by atoms with Gasteiger partial charge in [0.2, 0.25) is 4.96 Å². The van der Waals surface area contributed by atoms with Crippen LogP contribution in [0.1, 0.15) is 49.5 Å². The molecule has 0 spiro atoms. The van der Waals surface area contributed by atoms with Gasteiger partial charge in [0.25, 0.3) is 0 Å². The molecule has 4 rings (SSSR count). The van der Waals surface area contributed by atoms with Crippen LogP contribution in [0.25, 0.3) is 4.96 Å². The first kappa shape index (κ1) is 13.6. The summed E-state index contributed by atoms with van der Waals surface area (Å²) in [5.41, 5.74) is 0. The molecule has 0 saturated carbocycles. The highest BCUT2D eigenvalue weighted by atomic mass is 32.1. The van der Waals surface area contributed by atoms with Gasteiger partial charge < -0.3 is 5.32 Å². The fourth-order valence-electron chi connectivity index (χ4n) is 3.66. The van der Waals surface area contributed by atoms with E-state index < -0.39 is 0 Å². The summed E-state index contributed by atoms with van der Waals surface area (Å²) in [5.74, 6) is 0.971. The second kappa shape index (κ2) is 5.62. The van der Waals surface area contributed by atoms with Gasteiger partial charge in [-0.05, 0) is 45.3 Å². The van der Waals surface area contributed by atoms with E-state index in [-0.39, 0.29) is 0 Å². The van der Waals surface area contributed by atoms with Gasteiger partial charge in [-0.2, -0.15) is 9.61 Å². The Hall–Kier alpha value is -1.05. The minimum Gasteiger partial charge on any atom is -0.317 e. The van der Waals surface area contributed by atoms with E-state index in [0.717, 1.165) is 36.3 Å². The summed E-state index contributed by atoms with van der Waals surface area (Å²) in [4.78, 5) is 3.64. The Morgan fingerprint density at radius 2 is 2.10 bits per heavy atom. The lowest BCUT2D eigenvalue weighted by Crippen LogP contribution is -2.42. The molecule has 2 fully saturated rings. The average molecular weight is 306 g/mol. The smallest absolute Gasteiger partial charge is 0.234 e. The molecule has 2 aliphatic heterocycles. The van der Waals surface area contributed by atoms with Crippen molar-refractivity contribution in [2.45, 2.75) is 51.1 Å². The van der Waals surface area contributed by atoms with Crippen molar-refractivity contribution in [1.29, 1.82) is 0 Å². The highest BCUT2D eigenvalue weighted by molar-refractivity contribution is 7.16. The highest BCUT2D eigenvalue weighted by Gasteiger charge is 2.34. The van der Waals surface area contributed by atoms with Crippen LogP contribution in [-0.4, -0.2) is 50.4 Å². The van der Waals surface area contributed by atoms with Crippen LogP contribution in [0.4, 0.5) is 0 Å². The molecule has 0 amide bonds. The standard InChI is InChI=1S/C14H22N6S/c1-2-12-16-17-14-20(12)18-13(21-14)11-4-3-9-19(11)10-5-7-15-8-6-10/h10-11,15H,2-9H2,1H3. The topological polar surface area (TPSA) is 58.4 Å². The van der Waals surface area contributed by atoms with Crippen molar-refractivity contribution >= 4 is 16.3 Å². The van der Waals surface area contributed by atoms with Gasteiger partial charge in [-0.15, -0.1) is 10.2 Å². The number of fused-ring (bicyclic) bond motifs is 1. The van der Waals surface area contributed by atoms with Crippen molar-refractivity contribution in [2.24, 2.45) is 0 Å². The van der Waals surface area contributed by atoms with Crippen LogP contribution in [0.5, 0.6) is 0 Å². The Bertz CT molecular complexity index is 614. The van der Waals surface area contributed by atoms with Gasteiger partial charge in [0.05, 0.1) is 6.04 Å². The van der Waals surface area contributed by atoms with E-state index in [1.54, 1.807) is 11.3 Å². The van der Waals surface area contributed by atoms with Gasteiger partial charge in [-0.3, -0.25) is 4.90 Å². The van der Waals surface area contributed by atoms with Crippen molar-refractivity contribution in [3.63, 3.8) is 0 Å². The van der Waals surface area contributed by atoms with Gasteiger partial charge >= 0.3 is 0 Å². The zero-order valence-electron chi connectivity index (χ0n) is 12.5. The number of aryl methyl sites for hydroxylation is 1. The molecule has 0 aliphatic carbocycles. The monoisotopic (exact) mass is 306 g/mol. The predicted molar refractivity (Wildman–Crippen MR) is 82.6 cm³/mol. The molecule has 7 heteroatoms. The van der Waals surface area contributed by atoms with E-state index in [4.69, 9.17) is 5.10 Å². The van der Waals surface area contributed by atoms with Crippen LogP contribution in [0.2, 0.25) is 0 Å². The lowest BCUT2D eigenvalue weighted by Gasteiger charge is -2.34. The van der Waals surface area contributed by atoms with Crippen LogP contribution >= 0.6 is 11.3 Å². The number of nitrogens with zero attached hydrogens (tertiary/aromatic N) is 5. The molecule has 0 aromatic carbocycles. The maximum Gasteiger partial charge on any atom is 0.234 e. The molecule has 21 heavy (non-hydrogen) atoms. The molecule has 2 aliphatic rings. The molecule has 1 unspecified atom stereocenters. The maximum atomic E-state index is 4.82. The Morgan fingerprint density at radius 3 is 2.90 bits per heavy atom. The van der Waals surface area contributed by atoms with Crippen molar-refractivity contribution < 1.29 is 0 Å². The second-order valence-corrected chi connectivity index (χ2v) is 6.97. The molecule has 1 N–H and O–H groups in total. The fourth-order valence-corrected chi connectivity index (χ4v) is 4.67. The molecule has 4 heterocycles. The van der Waals surface area contributed by atoms with Crippen molar-refractivity contribution in [2.75, 3.05) is 19.6 Å². The molecular weight excluding hydrogens is 284 g/mol. The number of aromatic nitrogens is 4. The Balaban J connectivity index is 1.61.